The number of rotatable bonds is 4. The van der Waals surface area contributed by atoms with Crippen LogP contribution in [0.3, 0.4) is 0 Å². The van der Waals surface area contributed by atoms with Crippen molar-refractivity contribution >= 4 is 22.8 Å². The van der Waals surface area contributed by atoms with Crippen molar-refractivity contribution in [1.82, 2.24) is 10.6 Å². The molecule has 0 bridgehead atoms. The predicted octanol–water partition coefficient (Wildman–Crippen LogP) is 1.45. The van der Waals surface area contributed by atoms with E-state index in [-0.39, 0.29) is 23.0 Å². The SMILES string of the molecule is CCOc1ccc2c(C(=O)NC(=O)C3CCNCC3)cc(=O)oc2c1. The highest BCUT2D eigenvalue weighted by atomic mass is 16.5. The van der Waals surface area contributed by atoms with Crippen molar-refractivity contribution in [2.24, 2.45) is 5.92 Å². The lowest BCUT2D eigenvalue weighted by Gasteiger charge is -2.21. The van der Waals surface area contributed by atoms with Gasteiger partial charge in [0.1, 0.15) is 11.3 Å². The molecule has 1 aliphatic heterocycles. The zero-order valence-corrected chi connectivity index (χ0v) is 14.0. The lowest BCUT2D eigenvalue weighted by atomic mass is 9.97. The Morgan fingerprint density at radius 1 is 1.28 bits per heavy atom. The van der Waals surface area contributed by atoms with E-state index in [1.54, 1.807) is 18.2 Å². The number of hydrogen-bond donors (Lipinski definition) is 2. The van der Waals surface area contributed by atoms with E-state index < -0.39 is 11.5 Å². The van der Waals surface area contributed by atoms with E-state index in [1.165, 1.54) is 0 Å². The zero-order chi connectivity index (χ0) is 17.8. The smallest absolute Gasteiger partial charge is 0.337 e. The van der Waals surface area contributed by atoms with E-state index in [1.807, 2.05) is 6.92 Å². The molecule has 2 amide bonds. The normalized spacial score (nSPS) is 15.1. The first-order chi connectivity index (χ1) is 12.1. The van der Waals surface area contributed by atoms with Gasteiger partial charge in [0.05, 0.1) is 12.2 Å². The standard InChI is InChI=1S/C18H20N2O5/c1-2-24-12-3-4-13-14(10-16(21)25-15(13)9-12)18(23)20-17(22)11-5-7-19-8-6-11/h3-4,9-11,19H,2,5-8H2,1H3,(H,20,22,23). The highest BCUT2D eigenvalue weighted by Crippen LogP contribution is 2.23. The summed E-state index contributed by atoms with van der Waals surface area (Å²) in [5.74, 6) is -0.549. The summed E-state index contributed by atoms with van der Waals surface area (Å²) in [4.78, 5) is 36.6. The first-order valence-corrected chi connectivity index (χ1v) is 8.35. The third-order valence-corrected chi connectivity index (χ3v) is 4.22. The predicted molar refractivity (Wildman–Crippen MR) is 91.7 cm³/mol. The molecule has 0 saturated carbocycles. The van der Waals surface area contributed by atoms with Gasteiger partial charge in [-0.15, -0.1) is 0 Å². The first-order valence-electron chi connectivity index (χ1n) is 8.35. The monoisotopic (exact) mass is 344 g/mol. The van der Waals surface area contributed by atoms with Gasteiger partial charge in [0, 0.05) is 23.4 Å². The van der Waals surface area contributed by atoms with Gasteiger partial charge in [0.15, 0.2) is 0 Å². The van der Waals surface area contributed by atoms with Gasteiger partial charge in [-0.05, 0) is 45.0 Å². The van der Waals surface area contributed by atoms with Crippen LogP contribution in [0.1, 0.15) is 30.1 Å². The van der Waals surface area contributed by atoms with Crippen LogP contribution in [0.5, 0.6) is 5.75 Å². The van der Waals surface area contributed by atoms with Gasteiger partial charge in [-0.3, -0.25) is 14.9 Å². The molecule has 7 heteroatoms. The van der Waals surface area contributed by atoms with Crippen molar-refractivity contribution in [3.63, 3.8) is 0 Å². The minimum atomic E-state index is -0.652. The number of piperidine rings is 1. The summed E-state index contributed by atoms with van der Waals surface area (Å²) in [6.07, 6.45) is 1.38. The van der Waals surface area contributed by atoms with Crippen LogP contribution in [0.4, 0.5) is 0 Å². The average Bonchev–Trinajstić information content (AvgIpc) is 2.61. The third kappa shape index (κ3) is 3.88. The number of imide groups is 1. The van der Waals surface area contributed by atoms with Gasteiger partial charge in [0.25, 0.3) is 5.91 Å². The molecule has 2 aromatic rings. The van der Waals surface area contributed by atoms with Gasteiger partial charge in [0.2, 0.25) is 5.91 Å². The fourth-order valence-corrected chi connectivity index (χ4v) is 2.95. The van der Waals surface area contributed by atoms with E-state index >= 15 is 0 Å². The number of carbonyl (C=O) groups is 2. The Kier molecular flexibility index (Phi) is 5.14. The molecule has 1 aromatic carbocycles. The summed E-state index contributed by atoms with van der Waals surface area (Å²) in [5.41, 5.74) is -0.282. The molecule has 0 aliphatic carbocycles. The highest BCUT2D eigenvalue weighted by Gasteiger charge is 2.24. The van der Waals surface area contributed by atoms with Crippen LogP contribution in [0, 0.1) is 5.92 Å². The molecule has 2 heterocycles. The second-order valence-electron chi connectivity index (χ2n) is 5.91. The summed E-state index contributed by atoms with van der Waals surface area (Å²) in [5, 5.41) is 6.04. The van der Waals surface area contributed by atoms with E-state index in [2.05, 4.69) is 10.6 Å². The minimum Gasteiger partial charge on any atom is -0.494 e. The molecule has 1 aliphatic rings. The summed E-state index contributed by atoms with van der Waals surface area (Å²) in [6.45, 7) is 3.83. The Bertz CT molecular complexity index is 852. The van der Waals surface area contributed by atoms with E-state index in [0.29, 0.717) is 30.6 Å². The molecule has 1 aromatic heterocycles. The largest absolute Gasteiger partial charge is 0.494 e. The molecule has 3 rings (SSSR count). The maximum atomic E-state index is 12.5. The summed E-state index contributed by atoms with van der Waals surface area (Å²) >= 11 is 0. The van der Waals surface area contributed by atoms with Gasteiger partial charge in [-0.1, -0.05) is 0 Å². The maximum absolute atomic E-state index is 12.5. The fourth-order valence-electron chi connectivity index (χ4n) is 2.95. The van der Waals surface area contributed by atoms with Crippen LogP contribution in [0.2, 0.25) is 0 Å². The van der Waals surface area contributed by atoms with Gasteiger partial charge in [-0.25, -0.2) is 4.79 Å². The number of carbonyl (C=O) groups excluding carboxylic acids is 2. The second-order valence-corrected chi connectivity index (χ2v) is 5.91. The zero-order valence-electron chi connectivity index (χ0n) is 14.0. The number of benzene rings is 1. The first kappa shape index (κ1) is 17.2. The van der Waals surface area contributed by atoms with Gasteiger partial charge >= 0.3 is 5.63 Å². The Morgan fingerprint density at radius 2 is 2.04 bits per heavy atom. The molecule has 0 radical (unpaired) electrons. The van der Waals surface area contributed by atoms with E-state index in [9.17, 15) is 14.4 Å². The molecule has 0 atom stereocenters. The van der Waals surface area contributed by atoms with Gasteiger partial charge in [-0.2, -0.15) is 0 Å². The van der Waals surface area contributed by atoms with Crippen LogP contribution in [0.25, 0.3) is 11.0 Å². The number of ether oxygens (including phenoxy) is 1. The van der Waals surface area contributed by atoms with Crippen LogP contribution >= 0.6 is 0 Å². The molecular weight excluding hydrogens is 324 g/mol. The molecule has 1 saturated heterocycles. The Hall–Kier alpha value is -2.67. The number of hydrogen-bond acceptors (Lipinski definition) is 6. The fraction of sp³-hybridized carbons (Fsp3) is 0.389. The average molecular weight is 344 g/mol. The highest BCUT2D eigenvalue weighted by molar-refractivity contribution is 6.11. The summed E-state index contributed by atoms with van der Waals surface area (Å²) in [7, 11) is 0. The van der Waals surface area contributed by atoms with Crippen molar-refractivity contribution in [2.75, 3.05) is 19.7 Å². The maximum Gasteiger partial charge on any atom is 0.337 e. The molecule has 0 unspecified atom stereocenters. The molecule has 0 spiro atoms. The van der Waals surface area contributed by atoms with Crippen molar-refractivity contribution in [3.05, 3.63) is 40.2 Å². The quantitative estimate of drug-likeness (QED) is 0.643. The molecule has 1 fully saturated rings. The van der Waals surface area contributed by atoms with Gasteiger partial charge < -0.3 is 14.5 Å². The van der Waals surface area contributed by atoms with Crippen LogP contribution in [-0.4, -0.2) is 31.5 Å². The number of amides is 2. The molecule has 7 nitrogen and oxygen atoms in total. The number of nitrogens with one attached hydrogen (secondary N) is 2. The van der Waals surface area contributed by atoms with Crippen molar-refractivity contribution in [2.45, 2.75) is 19.8 Å². The van der Waals surface area contributed by atoms with Crippen molar-refractivity contribution < 1.29 is 18.7 Å². The molecule has 132 valence electrons. The van der Waals surface area contributed by atoms with Crippen molar-refractivity contribution in [3.8, 4) is 5.75 Å². The van der Waals surface area contributed by atoms with Crippen LogP contribution < -0.4 is 21.0 Å². The molecular formula is C18H20N2O5. The minimum absolute atomic E-state index is 0.122. The summed E-state index contributed by atoms with van der Waals surface area (Å²) in [6, 6.07) is 6.00. The third-order valence-electron chi connectivity index (χ3n) is 4.22. The lowest BCUT2D eigenvalue weighted by Crippen LogP contribution is -2.40. The molecule has 25 heavy (non-hydrogen) atoms. The van der Waals surface area contributed by atoms with E-state index in [4.69, 9.17) is 9.15 Å². The lowest BCUT2D eigenvalue weighted by molar-refractivity contribution is -0.124. The topological polar surface area (TPSA) is 97.6 Å². The van der Waals surface area contributed by atoms with Crippen LogP contribution in [0.15, 0.2) is 33.5 Å². The second kappa shape index (κ2) is 7.48. The summed E-state index contributed by atoms with van der Waals surface area (Å²) < 4.78 is 10.5. The Balaban J connectivity index is 1.87. The van der Waals surface area contributed by atoms with Crippen LogP contribution in [-0.2, 0) is 4.79 Å². The van der Waals surface area contributed by atoms with E-state index in [0.717, 1.165) is 19.2 Å². The number of fused-ring (bicyclic) bond motifs is 1. The molecule has 2 N–H and O–H groups in total. The van der Waals surface area contributed by atoms with Crippen molar-refractivity contribution in [1.29, 1.82) is 0 Å². The Morgan fingerprint density at radius 3 is 2.76 bits per heavy atom. The Labute approximate surface area is 144 Å².